The highest BCUT2D eigenvalue weighted by Crippen LogP contribution is 2.17. The average molecular weight is 477 g/mol. The van der Waals surface area contributed by atoms with Crippen molar-refractivity contribution in [1.29, 1.82) is 0 Å². The van der Waals surface area contributed by atoms with Crippen LogP contribution in [-0.2, 0) is 22.7 Å². The van der Waals surface area contributed by atoms with Gasteiger partial charge in [-0.15, -0.1) is 5.10 Å². The molecule has 0 radical (unpaired) electrons. The Balaban J connectivity index is 1.50. The normalized spacial score (nSPS) is 10.8. The molecule has 3 aromatic carbocycles. The number of anilines is 2. The van der Waals surface area contributed by atoms with Crippen molar-refractivity contribution in [2.24, 2.45) is 0 Å². The molecular formula is C25H25ClN6O2. The van der Waals surface area contributed by atoms with Gasteiger partial charge >= 0.3 is 0 Å². The molecule has 0 aliphatic carbocycles. The first kappa shape index (κ1) is 23.3. The Morgan fingerprint density at radius 2 is 1.68 bits per heavy atom. The molecular weight excluding hydrogens is 452 g/mol. The maximum absolute atomic E-state index is 13.3. The van der Waals surface area contributed by atoms with E-state index in [0.717, 1.165) is 16.8 Å². The molecule has 0 aliphatic heterocycles. The quantitative estimate of drug-likeness (QED) is 0.418. The molecule has 2 amide bonds. The first-order valence-corrected chi connectivity index (χ1v) is 11.1. The summed E-state index contributed by atoms with van der Waals surface area (Å²) in [6.07, 6.45) is 0. The van der Waals surface area contributed by atoms with E-state index in [1.165, 1.54) is 4.90 Å². The highest BCUT2D eigenvalue weighted by Gasteiger charge is 2.20. The zero-order chi connectivity index (χ0) is 24.1. The van der Waals surface area contributed by atoms with Crippen molar-refractivity contribution in [3.8, 4) is 0 Å². The Bertz CT molecular complexity index is 1290. The molecule has 0 saturated carbocycles. The van der Waals surface area contributed by atoms with Gasteiger partial charge in [0.25, 0.3) is 0 Å². The van der Waals surface area contributed by atoms with Crippen LogP contribution < -0.4 is 10.2 Å². The van der Waals surface area contributed by atoms with Gasteiger partial charge in [0.05, 0.1) is 5.52 Å². The van der Waals surface area contributed by atoms with Crippen LogP contribution in [0.2, 0.25) is 5.02 Å². The summed E-state index contributed by atoms with van der Waals surface area (Å²) in [4.78, 5) is 29.6. The number of nitrogens with zero attached hydrogens (tertiary/aromatic N) is 5. The fraction of sp³-hybridized carbons (Fsp3) is 0.200. The van der Waals surface area contributed by atoms with Crippen molar-refractivity contribution in [1.82, 2.24) is 19.9 Å². The van der Waals surface area contributed by atoms with Crippen molar-refractivity contribution in [3.63, 3.8) is 0 Å². The predicted octanol–water partition coefficient (Wildman–Crippen LogP) is 3.82. The van der Waals surface area contributed by atoms with E-state index in [-0.39, 0.29) is 31.4 Å². The van der Waals surface area contributed by atoms with E-state index in [2.05, 4.69) is 15.6 Å². The van der Waals surface area contributed by atoms with E-state index in [0.29, 0.717) is 16.2 Å². The van der Waals surface area contributed by atoms with Crippen LogP contribution in [0.25, 0.3) is 11.0 Å². The minimum Gasteiger partial charge on any atom is -0.378 e. The lowest BCUT2D eigenvalue weighted by molar-refractivity contribution is -0.136. The minimum absolute atomic E-state index is 0.0289. The van der Waals surface area contributed by atoms with Crippen LogP contribution in [0.4, 0.5) is 11.4 Å². The van der Waals surface area contributed by atoms with Crippen molar-refractivity contribution >= 4 is 45.8 Å². The number of nitrogens with one attached hydrogen (secondary N) is 1. The van der Waals surface area contributed by atoms with Crippen LogP contribution in [0.1, 0.15) is 5.56 Å². The van der Waals surface area contributed by atoms with E-state index in [1.807, 2.05) is 79.7 Å². The van der Waals surface area contributed by atoms with Crippen LogP contribution in [0.3, 0.4) is 0 Å². The summed E-state index contributed by atoms with van der Waals surface area (Å²) in [6.45, 7) is 0.123. The van der Waals surface area contributed by atoms with E-state index < -0.39 is 0 Å². The maximum Gasteiger partial charge on any atom is 0.245 e. The Morgan fingerprint density at radius 3 is 2.38 bits per heavy atom. The van der Waals surface area contributed by atoms with Gasteiger partial charge in [-0.3, -0.25) is 9.59 Å². The summed E-state index contributed by atoms with van der Waals surface area (Å²) in [5.41, 5.74) is 4.02. The van der Waals surface area contributed by atoms with E-state index in [9.17, 15) is 9.59 Å². The minimum atomic E-state index is -0.289. The lowest BCUT2D eigenvalue weighted by atomic mass is 10.2. The number of halogens is 1. The van der Waals surface area contributed by atoms with Gasteiger partial charge in [0.2, 0.25) is 11.8 Å². The zero-order valence-electron chi connectivity index (χ0n) is 19.0. The largest absolute Gasteiger partial charge is 0.378 e. The highest BCUT2D eigenvalue weighted by molar-refractivity contribution is 6.30. The summed E-state index contributed by atoms with van der Waals surface area (Å²) in [7, 11) is 3.90. The lowest BCUT2D eigenvalue weighted by Gasteiger charge is -2.23. The molecule has 4 rings (SSSR count). The number of carbonyl (C=O) groups excluding carboxylic acids is 2. The third kappa shape index (κ3) is 5.71. The number of hydrogen-bond acceptors (Lipinski definition) is 5. The number of rotatable bonds is 8. The van der Waals surface area contributed by atoms with Crippen molar-refractivity contribution in [2.45, 2.75) is 13.1 Å². The Morgan fingerprint density at radius 1 is 0.971 bits per heavy atom. The summed E-state index contributed by atoms with van der Waals surface area (Å²) in [5.74, 6) is -0.535. The fourth-order valence-corrected chi connectivity index (χ4v) is 3.65. The second-order valence-corrected chi connectivity index (χ2v) is 8.54. The van der Waals surface area contributed by atoms with Gasteiger partial charge in [-0.2, -0.15) is 0 Å². The smallest absolute Gasteiger partial charge is 0.245 e. The second kappa shape index (κ2) is 10.4. The van der Waals surface area contributed by atoms with Crippen LogP contribution >= 0.6 is 11.6 Å². The topological polar surface area (TPSA) is 83.4 Å². The second-order valence-electron chi connectivity index (χ2n) is 8.10. The van der Waals surface area contributed by atoms with Gasteiger partial charge in [-0.1, -0.05) is 41.1 Å². The number of benzene rings is 3. The van der Waals surface area contributed by atoms with Crippen LogP contribution in [0, 0.1) is 0 Å². The molecule has 4 aromatic rings. The molecule has 9 heteroatoms. The third-order valence-electron chi connectivity index (χ3n) is 5.35. The molecule has 8 nitrogen and oxygen atoms in total. The van der Waals surface area contributed by atoms with Gasteiger partial charge in [0.15, 0.2) is 0 Å². The van der Waals surface area contributed by atoms with Crippen LogP contribution in [0.15, 0.2) is 72.8 Å². The van der Waals surface area contributed by atoms with Gasteiger partial charge in [0.1, 0.15) is 18.6 Å². The summed E-state index contributed by atoms with van der Waals surface area (Å²) >= 11 is 6.00. The summed E-state index contributed by atoms with van der Waals surface area (Å²) in [5, 5.41) is 11.7. The molecule has 0 unspecified atom stereocenters. The Hall–Kier alpha value is -3.91. The number of amides is 2. The maximum atomic E-state index is 13.3. The van der Waals surface area contributed by atoms with E-state index in [4.69, 9.17) is 11.6 Å². The molecule has 0 aliphatic rings. The van der Waals surface area contributed by atoms with Crippen LogP contribution in [-0.4, -0.2) is 52.3 Å². The van der Waals surface area contributed by atoms with Crippen molar-refractivity contribution in [3.05, 3.63) is 83.4 Å². The number of aromatic nitrogens is 3. The number of fused-ring (bicyclic) bond motifs is 1. The lowest BCUT2D eigenvalue weighted by Crippen LogP contribution is -2.39. The molecule has 1 heterocycles. The number of carbonyl (C=O) groups is 2. The Kier molecular flexibility index (Phi) is 7.08. The Labute approximate surface area is 202 Å². The predicted molar refractivity (Wildman–Crippen MR) is 134 cm³/mol. The van der Waals surface area contributed by atoms with Gasteiger partial charge in [-0.25, -0.2) is 4.68 Å². The summed E-state index contributed by atoms with van der Waals surface area (Å²) < 4.78 is 1.55. The zero-order valence-corrected chi connectivity index (χ0v) is 19.7. The molecule has 0 fully saturated rings. The van der Waals surface area contributed by atoms with E-state index >= 15 is 0 Å². The van der Waals surface area contributed by atoms with E-state index in [1.54, 1.807) is 16.8 Å². The SMILES string of the molecule is CN(C)c1ccc(NC(=O)CN(Cc2ccc(Cl)cc2)C(=O)Cn2nnc3ccccc32)cc1. The highest BCUT2D eigenvalue weighted by atomic mass is 35.5. The number of para-hydroxylation sites is 1. The van der Waals surface area contributed by atoms with Gasteiger partial charge in [-0.05, 0) is 54.1 Å². The molecule has 1 aromatic heterocycles. The standard InChI is InChI=1S/C25H25ClN6O2/c1-30(2)21-13-11-20(12-14-21)27-24(33)16-31(15-18-7-9-19(26)10-8-18)25(34)17-32-23-6-4-3-5-22(23)28-29-32/h3-14H,15-17H2,1-2H3,(H,27,33). The molecule has 0 atom stereocenters. The van der Waals surface area contributed by atoms with Crippen molar-refractivity contribution in [2.75, 3.05) is 30.9 Å². The first-order chi connectivity index (χ1) is 16.4. The molecule has 1 N–H and O–H groups in total. The van der Waals surface area contributed by atoms with Gasteiger partial charge < -0.3 is 15.1 Å². The summed E-state index contributed by atoms with van der Waals surface area (Å²) in [6, 6.07) is 22.1. The monoisotopic (exact) mass is 476 g/mol. The molecule has 34 heavy (non-hydrogen) atoms. The molecule has 174 valence electrons. The van der Waals surface area contributed by atoms with Gasteiger partial charge in [0, 0.05) is 37.0 Å². The first-order valence-electron chi connectivity index (χ1n) is 10.8. The van der Waals surface area contributed by atoms with Crippen LogP contribution in [0.5, 0.6) is 0 Å². The number of hydrogen-bond donors (Lipinski definition) is 1. The average Bonchev–Trinajstić information content (AvgIpc) is 3.23. The third-order valence-corrected chi connectivity index (χ3v) is 5.60. The van der Waals surface area contributed by atoms with Crippen molar-refractivity contribution < 1.29 is 9.59 Å². The molecule has 0 saturated heterocycles. The molecule has 0 bridgehead atoms. The fourth-order valence-electron chi connectivity index (χ4n) is 3.52. The molecule has 0 spiro atoms.